The lowest BCUT2D eigenvalue weighted by Crippen LogP contribution is -2.32. The summed E-state index contributed by atoms with van der Waals surface area (Å²) >= 11 is 1.52. The van der Waals surface area contributed by atoms with Crippen molar-refractivity contribution in [1.29, 1.82) is 0 Å². The summed E-state index contributed by atoms with van der Waals surface area (Å²) in [6.07, 6.45) is -4.99. The summed E-state index contributed by atoms with van der Waals surface area (Å²) in [6.45, 7) is 3.15. The van der Waals surface area contributed by atoms with Crippen LogP contribution in [-0.2, 0) is 14.4 Å². The molecule has 0 bridgehead atoms. The minimum atomic E-state index is -4.99. The van der Waals surface area contributed by atoms with Crippen LogP contribution in [0.5, 0.6) is 5.75 Å². The lowest BCUT2D eigenvalue weighted by Gasteiger charge is -2.29. The highest BCUT2D eigenvalue weighted by atomic mass is 32.1. The van der Waals surface area contributed by atoms with Gasteiger partial charge in [-0.25, -0.2) is 0 Å². The van der Waals surface area contributed by atoms with Gasteiger partial charge in [0.2, 0.25) is 5.78 Å². The molecule has 2 atom stereocenters. The Balaban J connectivity index is 1.84. The first kappa shape index (κ1) is 23.7. The van der Waals surface area contributed by atoms with Crippen LogP contribution >= 0.6 is 11.3 Å². The summed E-state index contributed by atoms with van der Waals surface area (Å²) in [5.74, 6) is -5.06. The zero-order valence-corrected chi connectivity index (χ0v) is 19.0. The third-order valence-corrected chi connectivity index (χ3v) is 6.33. The molecule has 9 heteroatoms. The standard InChI is InChI=1S/C25H20F3NO4S/c1-14(2)22(30)20-21(18-5-3-4-6-19(18)33-25(26,27)28)29(24(32)23(20)31)17-9-7-15(8-10-17)16-11-12-34-13-16/h3-14,20-21H,1-2H3. The van der Waals surface area contributed by atoms with Gasteiger partial charge in [-0.05, 0) is 46.2 Å². The van der Waals surface area contributed by atoms with E-state index in [1.165, 1.54) is 29.5 Å². The number of hydrogen-bond donors (Lipinski definition) is 0. The first-order chi connectivity index (χ1) is 16.1. The molecule has 5 nitrogen and oxygen atoms in total. The number of Topliss-reactive ketones (excluding diaryl/α,β-unsaturated/α-hetero) is 2. The number of ether oxygens (including phenoxy) is 1. The Hall–Kier alpha value is -3.46. The maximum atomic E-state index is 13.1. The van der Waals surface area contributed by atoms with E-state index >= 15 is 0 Å². The average Bonchev–Trinajstić information content (AvgIpc) is 3.40. The fourth-order valence-electron chi connectivity index (χ4n) is 4.10. The number of carbonyl (C=O) groups is 3. The van der Waals surface area contributed by atoms with Crippen LogP contribution in [0.1, 0.15) is 25.5 Å². The molecule has 1 aliphatic rings. The van der Waals surface area contributed by atoms with Crippen molar-refractivity contribution < 1.29 is 32.3 Å². The van der Waals surface area contributed by atoms with Crippen LogP contribution in [0.4, 0.5) is 18.9 Å². The van der Waals surface area contributed by atoms with Crippen LogP contribution in [0.3, 0.4) is 0 Å². The van der Waals surface area contributed by atoms with Gasteiger partial charge in [0, 0.05) is 17.2 Å². The van der Waals surface area contributed by atoms with Crippen molar-refractivity contribution in [2.45, 2.75) is 26.3 Å². The molecule has 1 aromatic heterocycles. The van der Waals surface area contributed by atoms with E-state index in [4.69, 9.17) is 0 Å². The molecule has 1 saturated heterocycles. The van der Waals surface area contributed by atoms with E-state index in [-0.39, 0.29) is 5.56 Å². The number of thiophene rings is 1. The fourth-order valence-corrected chi connectivity index (χ4v) is 4.76. The van der Waals surface area contributed by atoms with Crippen molar-refractivity contribution in [2.75, 3.05) is 4.90 Å². The Bertz CT molecular complexity index is 1220. The molecule has 4 rings (SSSR count). The third kappa shape index (κ3) is 4.48. The Labute approximate surface area is 197 Å². The molecule has 2 heterocycles. The van der Waals surface area contributed by atoms with Gasteiger partial charge in [-0.2, -0.15) is 11.3 Å². The normalized spacial score (nSPS) is 18.6. The SMILES string of the molecule is CC(C)C(=O)C1C(=O)C(=O)N(c2ccc(-c3ccsc3)cc2)C1c1ccccc1OC(F)(F)F. The molecule has 1 fully saturated rings. The molecule has 0 N–H and O–H groups in total. The summed E-state index contributed by atoms with van der Waals surface area (Å²) in [6, 6.07) is 12.6. The molecule has 1 aliphatic heterocycles. The number of para-hydroxylation sites is 1. The maximum absolute atomic E-state index is 13.1. The van der Waals surface area contributed by atoms with Gasteiger partial charge >= 0.3 is 6.36 Å². The Morgan fingerprint density at radius 3 is 2.26 bits per heavy atom. The minimum Gasteiger partial charge on any atom is -0.405 e. The molecule has 0 radical (unpaired) electrons. The summed E-state index contributed by atoms with van der Waals surface area (Å²) in [7, 11) is 0. The Kier molecular flexibility index (Phi) is 6.31. The minimum absolute atomic E-state index is 0.0695. The van der Waals surface area contributed by atoms with Gasteiger partial charge in [0.15, 0.2) is 0 Å². The number of benzene rings is 2. The predicted molar refractivity (Wildman–Crippen MR) is 121 cm³/mol. The number of nitrogens with zero attached hydrogens (tertiary/aromatic N) is 1. The van der Waals surface area contributed by atoms with Gasteiger partial charge in [-0.15, -0.1) is 13.2 Å². The van der Waals surface area contributed by atoms with Gasteiger partial charge in [0.25, 0.3) is 5.91 Å². The van der Waals surface area contributed by atoms with Crippen molar-refractivity contribution in [1.82, 2.24) is 0 Å². The van der Waals surface area contributed by atoms with Crippen LogP contribution in [0.25, 0.3) is 11.1 Å². The molecule has 34 heavy (non-hydrogen) atoms. The number of anilines is 1. The average molecular weight is 487 g/mol. The highest BCUT2D eigenvalue weighted by Gasteiger charge is 2.53. The number of rotatable bonds is 6. The second-order valence-electron chi connectivity index (χ2n) is 8.16. The van der Waals surface area contributed by atoms with Crippen LogP contribution in [0.15, 0.2) is 65.4 Å². The number of halogens is 3. The lowest BCUT2D eigenvalue weighted by molar-refractivity contribution is -0.275. The molecule has 1 amide bonds. The predicted octanol–water partition coefficient (Wildman–Crippen LogP) is 5.81. The first-order valence-corrected chi connectivity index (χ1v) is 11.4. The van der Waals surface area contributed by atoms with E-state index in [0.29, 0.717) is 5.69 Å². The molecular weight excluding hydrogens is 467 g/mol. The topological polar surface area (TPSA) is 63.7 Å². The number of alkyl halides is 3. The molecule has 176 valence electrons. The maximum Gasteiger partial charge on any atom is 0.573 e. The second-order valence-corrected chi connectivity index (χ2v) is 8.94. The van der Waals surface area contributed by atoms with E-state index in [1.54, 1.807) is 38.1 Å². The Morgan fingerprint density at radius 1 is 1.00 bits per heavy atom. The quantitative estimate of drug-likeness (QED) is 0.325. The summed E-state index contributed by atoms with van der Waals surface area (Å²) < 4.78 is 43.5. The van der Waals surface area contributed by atoms with Gasteiger partial charge < -0.3 is 4.74 Å². The zero-order chi connectivity index (χ0) is 24.6. The van der Waals surface area contributed by atoms with E-state index in [0.717, 1.165) is 22.1 Å². The Morgan fingerprint density at radius 2 is 1.68 bits per heavy atom. The molecule has 0 spiro atoms. The molecule has 3 aromatic rings. The van der Waals surface area contributed by atoms with Crippen molar-refractivity contribution >= 4 is 34.5 Å². The highest BCUT2D eigenvalue weighted by Crippen LogP contribution is 2.45. The molecule has 0 saturated carbocycles. The van der Waals surface area contributed by atoms with Gasteiger partial charge in [-0.1, -0.05) is 44.2 Å². The van der Waals surface area contributed by atoms with Gasteiger partial charge in [0.05, 0.1) is 6.04 Å². The van der Waals surface area contributed by atoms with Crippen molar-refractivity contribution in [3.8, 4) is 16.9 Å². The van der Waals surface area contributed by atoms with Crippen LogP contribution in [-0.4, -0.2) is 23.8 Å². The monoisotopic (exact) mass is 487 g/mol. The van der Waals surface area contributed by atoms with E-state index in [9.17, 15) is 27.6 Å². The van der Waals surface area contributed by atoms with Gasteiger partial charge in [-0.3, -0.25) is 19.3 Å². The molecule has 2 unspecified atom stereocenters. The summed E-state index contributed by atoms with van der Waals surface area (Å²) in [5.41, 5.74) is 2.06. The number of carbonyl (C=O) groups excluding carboxylic acids is 3. The van der Waals surface area contributed by atoms with Crippen molar-refractivity contribution in [3.05, 3.63) is 70.9 Å². The highest BCUT2D eigenvalue weighted by molar-refractivity contribution is 7.08. The van der Waals surface area contributed by atoms with Crippen molar-refractivity contribution in [2.24, 2.45) is 11.8 Å². The van der Waals surface area contributed by atoms with E-state index in [2.05, 4.69) is 4.74 Å². The summed E-state index contributed by atoms with van der Waals surface area (Å²) in [4.78, 5) is 40.2. The second kappa shape index (κ2) is 9.06. The fraction of sp³-hybridized carbons (Fsp3) is 0.240. The van der Waals surface area contributed by atoms with Crippen LogP contribution in [0, 0.1) is 11.8 Å². The van der Waals surface area contributed by atoms with Crippen LogP contribution < -0.4 is 9.64 Å². The molecular formula is C25H20F3NO4S. The molecule has 2 aromatic carbocycles. The van der Waals surface area contributed by atoms with Gasteiger partial charge in [0.1, 0.15) is 17.5 Å². The molecule has 0 aliphatic carbocycles. The number of ketones is 2. The van der Waals surface area contributed by atoms with E-state index < -0.39 is 47.5 Å². The lowest BCUT2D eigenvalue weighted by atomic mass is 9.84. The third-order valence-electron chi connectivity index (χ3n) is 5.64. The smallest absolute Gasteiger partial charge is 0.405 e. The first-order valence-electron chi connectivity index (χ1n) is 10.5. The summed E-state index contributed by atoms with van der Waals surface area (Å²) in [5, 5.41) is 3.87. The van der Waals surface area contributed by atoms with Crippen molar-refractivity contribution in [3.63, 3.8) is 0 Å². The number of hydrogen-bond acceptors (Lipinski definition) is 5. The zero-order valence-electron chi connectivity index (χ0n) is 18.2. The largest absolute Gasteiger partial charge is 0.573 e. The van der Waals surface area contributed by atoms with Crippen LogP contribution in [0.2, 0.25) is 0 Å². The van der Waals surface area contributed by atoms with E-state index in [1.807, 2.05) is 16.8 Å². The number of amides is 1.